The van der Waals surface area contributed by atoms with E-state index in [9.17, 15) is 14.4 Å². The number of esters is 1. The van der Waals surface area contributed by atoms with Gasteiger partial charge >= 0.3 is 5.97 Å². The van der Waals surface area contributed by atoms with Gasteiger partial charge in [-0.25, -0.2) is 4.79 Å². The highest BCUT2D eigenvalue weighted by Gasteiger charge is 2.15. The van der Waals surface area contributed by atoms with E-state index < -0.39 is 5.97 Å². The van der Waals surface area contributed by atoms with E-state index in [2.05, 4.69) is 10.6 Å². The van der Waals surface area contributed by atoms with E-state index in [4.69, 9.17) is 4.74 Å². The summed E-state index contributed by atoms with van der Waals surface area (Å²) in [5.74, 6) is -0.947. The molecule has 2 aromatic rings. The fourth-order valence-corrected chi connectivity index (χ4v) is 3.10. The lowest BCUT2D eigenvalue weighted by Crippen LogP contribution is -2.29. The van der Waals surface area contributed by atoms with Crippen molar-refractivity contribution in [2.24, 2.45) is 0 Å². The molecule has 7 heteroatoms. The van der Waals surface area contributed by atoms with E-state index in [0.29, 0.717) is 17.0 Å². The average molecular weight is 401 g/mol. The second-order valence-electron chi connectivity index (χ2n) is 6.13. The molecule has 2 rings (SSSR count). The Morgan fingerprint density at radius 1 is 1.00 bits per heavy atom. The predicted octanol–water partition coefficient (Wildman–Crippen LogP) is 3.41. The largest absolute Gasteiger partial charge is 0.452 e. The molecule has 0 saturated carbocycles. The van der Waals surface area contributed by atoms with Crippen LogP contribution in [0, 0.1) is 6.92 Å². The fraction of sp³-hybridized carbons (Fsp3) is 0.286. The van der Waals surface area contributed by atoms with E-state index in [0.717, 1.165) is 17.7 Å². The van der Waals surface area contributed by atoms with Crippen molar-refractivity contribution in [3.8, 4) is 0 Å². The Labute approximate surface area is 169 Å². The summed E-state index contributed by atoms with van der Waals surface area (Å²) < 4.78 is 5.08. The molecule has 28 heavy (non-hydrogen) atoms. The highest BCUT2D eigenvalue weighted by Crippen LogP contribution is 2.23. The zero-order valence-corrected chi connectivity index (χ0v) is 16.8. The molecular formula is C21H24N2O4S. The zero-order valence-electron chi connectivity index (χ0n) is 16.0. The highest BCUT2D eigenvalue weighted by atomic mass is 32.2. The maximum atomic E-state index is 12.3. The second kappa shape index (κ2) is 11.1. The maximum Gasteiger partial charge on any atom is 0.339 e. The second-order valence-corrected chi connectivity index (χ2v) is 7.14. The molecule has 0 aromatic heterocycles. The van der Waals surface area contributed by atoms with Gasteiger partial charge in [-0.2, -0.15) is 0 Å². The Kier molecular flexibility index (Phi) is 8.55. The van der Waals surface area contributed by atoms with Crippen LogP contribution in [0.2, 0.25) is 0 Å². The van der Waals surface area contributed by atoms with Crippen LogP contribution in [0.3, 0.4) is 0 Å². The van der Waals surface area contributed by atoms with Crippen molar-refractivity contribution < 1.29 is 19.1 Å². The lowest BCUT2D eigenvalue weighted by atomic mass is 10.2. The third kappa shape index (κ3) is 7.08. The van der Waals surface area contributed by atoms with Crippen molar-refractivity contribution in [3.05, 3.63) is 59.7 Å². The van der Waals surface area contributed by atoms with Crippen LogP contribution in [0.4, 0.5) is 5.69 Å². The number of aryl methyl sites for hydroxylation is 1. The topological polar surface area (TPSA) is 84.5 Å². The Morgan fingerprint density at radius 3 is 2.43 bits per heavy atom. The smallest absolute Gasteiger partial charge is 0.339 e. The number of rotatable bonds is 9. The number of nitrogens with one attached hydrogen (secondary N) is 2. The van der Waals surface area contributed by atoms with Gasteiger partial charge in [0.05, 0.1) is 11.3 Å². The molecule has 0 unspecified atom stereocenters. The third-order valence-electron chi connectivity index (χ3n) is 3.71. The van der Waals surface area contributed by atoms with Crippen molar-refractivity contribution in [1.82, 2.24) is 5.32 Å². The van der Waals surface area contributed by atoms with Crippen LogP contribution >= 0.6 is 11.8 Å². The molecule has 0 atom stereocenters. The van der Waals surface area contributed by atoms with Gasteiger partial charge in [-0.1, -0.05) is 36.8 Å². The zero-order chi connectivity index (χ0) is 20.4. The molecule has 0 aliphatic rings. The summed E-state index contributed by atoms with van der Waals surface area (Å²) in [6.45, 7) is 4.13. The Hall–Kier alpha value is -2.80. The van der Waals surface area contributed by atoms with Crippen LogP contribution in [0.5, 0.6) is 0 Å². The highest BCUT2D eigenvalue weighted by molar-refractivity contribution is 8.00. The van der Waals surface area contributed by atoms with Crippen molar-refractivity contribution in [2.45, 2.75) is 25.2 Å². The molecule has 2 amide bonds. The van der Waals surface area contributed by atoms with Gasteiger partial charge in [0.1, 0.15) is 0 Å². The monoisotopic (exact) mass is 400 g/mol. The van der Waals surface area contributed by atoms with E-state index in [1.165, 1.54) is 11.8 Å². The molecule has 2 aromatic carbocycles. The molecule has 2 N–H and O–H groups in total. The number of benzene rings is 2. The first-order valence-electron chi connectivity index (χ1n) is 9.01. The number of carbonyl (C=O) groups is 3. The minimum Gasteiger partial charge on any atom is -0.452 e. The first-order chi connectivity index (χ1) is 13.5. The summed E-state index contributed by atoms with van der Waals surface area (Å²) in [4.78, 5) is 36.7. The summed E-state index contributed by atoms with van der Waals surface area (Å²) in [7, 11) is 0. The Morgan fingerprint density at radius 2 is 1.71 bits per heavy atom. The molecule has 148 valence electrons. The van der Waals surface area contributed by atoms with Crippen molar-refractivity contribution in [3.63, 3.8) is 0 Å². The Bertz CT molecular complexity index is 821. The fourth-order valence-electron chi connectivity index (χ4n) is 2.26. The van der Waals surface area contributed by atoms with E-state index in [1.54, 1.807) is 24.3 Å². The molecule has 0 saturated heterocycles. The molecule has 0 fully saturated rings. The average Bonchev–Trinajstić information content (AvgIpc) is 2.70. The quantitative estimate of drug-likeness (QED) is 0.498. The first-order valence-corrected chi connectivity index (χ1v) is 10.0. The maximum absolute atomic E-state index is 12.3. The lowest BCUT2D eigenvalue weighted by molar-refractivity contribution is -0.124. The van der Waals surface area contributed by atoms with Crippen LogP contribution in [0.1, 0.15) is 29.3 Å². The molecule has 6 nitrogen and oxygen atoms in total. The molecule has 0 aliphatic heterocycles. The number of hydrogen-bond donors (Lipinski definition) is 2. The van der Waals surface area contributed by atoms with Gasteiger partial charge in [0, 0.05) is 17.1 Å². The molecule has 0 bridgehead atoms. The minimum absolute atomic E-state index is 0.148. The van der Waals surface area contributed by atoms with Crippen molar-refractivity contribution >= 4 is 35.2 Å². The van der Waals surface area contributed by atoms with E-state index in [-0.39, 0.29) is 24.2 Å². The number of ether oxygens (including phenoxy) is 1. The minimum atomic E-state index is -0.589. The molecule has 0 spiro atoms. The number of anilines is 1. The Balaban J connectivity index is 1.90. The van der Waals surface area contributed by atoms with Gasteiger partial charge in [-0.15, -0.1) is 11.8 Å². The van der Waals surface area contributed by atoms with E-state index >= 15 is 0 Å². The molecule has 0 aliphatic carbocycles. The number of carbonyl (C=O) groups excluding carboxylic acids is 3. The lowest BCUT2D eigenvalue weighted by Gasteiger charge is -2.10. The SMILES string of the molecule is CCCNC(=O)COC(=O)c1ccccc1SCC(=O)Nc1ccc(C)cc1. The van der Waals surface area contributed by atoms with Crippen LogP contribution < -0.4 is 10.6 Å². The summed E-state index contributed by atoms with van der Waals surface area (Å²) in [5, 5.41) is 5.47. The number of amides is 2. The molecular weight excluding hydrogens is 376 g/mol. The normalized spacial score (nSPS) is 10.2. The summed E-state index contributed by atoms with van der Waals surface area (Å²) >= 11 is 1.24. The number of thioether (sulfide) groups is 1. The van der Waals surface area contributed by atoms with Gasteiger partial charge in [-0.05, 0) is 37.6 Å². The van der Waals surface area contributed by atoms with Crippen LogP contribution in [-0.4, -0.2) is 36.7 Å². The van der Waals surface area contributed by atoms with Crippen molar-refractivity contribution in [1.29, 1.82) is 0 Å². The van der Waals surface area contributed by atoms with E-state index in [1.807, 2.05) is 38.1 Å². The van der Waals surface area contributed by atoms with Gasteiger partial charge in [-0.3, -0.25) is 9.59 Å². The molecule has 0 heterocycles. The van der Waals surface area contributed by atoms with Gasteiger partial charge in [0.15, 0.2) is 6.61 Å². The summed E-state index contributed by atoms with van der Waals surface area (Å²) in [6.07, 6.45) is 0.809. The summed E-state index contributed by atoms with van der Waals surface area (Å²) in [5.41, 5.74) is 2.17. The standard InChI is InChI=1S/C21H24N2O4S/c1-3-12-22-19(24)13-27-21(26)17-6-4-5-7-18(17)28-14-20(25)23-16-10-8-15(2)9-11-16/h4-11H,3,12-14H2,1-2H3,(H,22,24)(H,23,25). The van der Waals surface area contributed by atoms with Gasteiger partial charge in [0.25, 0.3) is 5.91 Å². The predicted molar refractivity (Wildman–Crippen MR) is 111 cm³/mol. The van der Waals surface area contributed by atoms with Crippen LogP contribution in [-0.2, 0) is 14.3 Å². The number of hydrogen-bond acceptors (Lipinski definition) is 5. The van der Waals surface area contributed by atoms with Crippen LogP contribution in [0.25, 0.3) is 0 Å². The molecule has 0 radical (unpaired) electrons. The summed E-state index contributed by atoms with van der Waals surface area (Å²) in [6, 6.07) is 14.4. The van der Waals surface area contributed by atoms with Gasteiger partial charge < -0.3 is 15.4 Å². The van der Waals surface area contributed by atoms with Gasteiger partial charge in [0.2, 0.25) is 5.91 Å². The first kappa shape index (κ1) is 21.5. The van der Waals surface area contributed by atoms with Crippen LogP contribution in [0.15, 0.2) is 53.4 Å². The third-order valence-corrected chi connectivity index (χ3v) is 4.78. The van der Waals surface area contributed by atoms with Crippen molar-refractivity contribution in [2.75, 3.05) is 24.2 Å².